The summed E-state index contributed by atoms with van der Waals surface area (Å²) < 4.78 is 5.22. The number of nitrogens with one attached hydrogen (secondary N) is 2. The molecule has 0 saturated carbocycles. The summed E-state index contributed by atoms with van der Waals surface area (Å²) in [5.74, 6) is -2.48. The number of carbonyl (C=O) groups is 3. The van der Waals surface area contributed by atoms with Crippen LogP contribution < -0.4 is 16.4 Å². The summed E-state index contributed by atoms with van der Waals surface area (Å²) >= 11 is 0. The third-order valence-electron chi connectivity index (χ3n) is 6.01. The number of rotatable bonds is 10. The maximum atomic E-state index is 12.7. The predicted molar refractivity (Wildman–Crippen MR) is 146 cm³/mol. The number of urea groups is 1. The van der Waals surface area contributed by atoms with E-state index in [9.17, 15) is 19.5 Å². The van der Waals surface area contributed by atoms with Gasteiger partial charge in [-0.3, -0.25) is 4.98 Å². The lowest BCUT2D eigenvalue weighted by atomic mass is 9.91. The van der Waals surface area contributed by atoms with Crippen LogP contribution in [0.1, 0.15) is 16.8 Å². The van der Waals surface area contributed by atoms with Gasteiger partial charge in [0, 0.05) is 18.3 Å². The molecule has 1 heterocycles. The highest BCUT2D eigenvalue weighted by atomic mass is 16.5. The van der Waals surface area contributed by atoms with Crippen molar-refractivity contribution < 1.29 is 24.2 Å². The van der Waals surface area contributed by atoms with Crippen LogP contribution in [0.5, 0.6) is 0 Å². The van der Waals surface area contributed by atoms with Crippen molar-refractivity contribution in [2.24, 2.45) is 5.73 Å². The predicted octanol–water partition coefficient (Wildman–Crippen LogP) is 4.14. The van der Waals surface area contributed by atoms with Gasteiger partial charge >= 0.3 is 18.0 Å². The molecule has 0 unspecified atom stereocenters. The maximum absolute atomic E-state index is 12.7. The van der Waals surface area contributed by atoms with Crippen LogP contribution in [0.15, 0.2) is 103 Å². The van der Waals surface area contributed by atoms with Crippen LogP contribution in [0.25, 0.3) is 11.1 Å². The molecule has 2 amide bonds. The molecular weight excluding hydrogens is 496 g/mol. The van der Waals surface area contributed by atoms with E-state index < -0.39 is 17.5 Å². The second-order valence-corrected chi connectivity index (χ2v) is 8.92. The minimum atomic E-state index is -2.23. The van der Waals surface area contributed by atoms with Crippen molar-refractivity contribution in [3.05, 3.63) is 120 Å². The number of anilines is 1. The Kier molecular flexibility index (Phi) is 8.65. The fourth-order valence-electron chi connectivity index (χ4n) is 3.85. The first kappa shape index (κ1) is 27.0. The largest absolute Gasteiger partial charge is 0.479 e. The summed E-state index contributed by atoms with van der Waals surface area (Å²) in [7, 11) is 0. The van der Waals surface area contributed by atoms with E-state index in [-0.39, 0.29) is 19.1 Å². The number of amides is 2. The summed E-state index contributed by atoms with van der Waals surface area (Å²) in [6.07, 6.45) is 1.42. The Labute approximate surface area is 225 Å². The third kappa shape index (κ3) is 7.27. The van der Waals surface area contributed by atoms with Crippen LogP contribution in [0.3, 0.4) is 0 Å². The smallest absolute Gasteiger partial charge is 0.338 e. The summed E-state index contributed by atoms with van der Waals surface area (Å²) in [4.78, 5) is 41.1. The number of nitrogens with two attached hydrogens (primary N) is 1. The van der Waals surface area contributed by atoms with Gasteiger partial charge in [-0.15, -0.1) is 0 Å². The number of carboxylic acid groups (broad SMARTS) is 1. The molecule has 9 nitrogen and oxygen atoms in total. The summed E-state index contributed by atoms with van der Waals surface area (Å²) in [5.41, 5.74) is 8.10. The molecule has 0 aliphatic heterocycles. The first-order valence-corrected chi connectivity index (χ1v) is 12.2. The minimum Gasteiger partial charge on any atom is -0.479 e. The lowest BCUT2D eigenvalue weighted by Gasteiger charge is -2.23. The molecule has 0 saturated heterocycles. The fraction of sp³-hybridized carbons (Fsp3) is 0.133. The van der Waals surface area contributed by atoms with Crippen LogP contribution in [0.2, 0.25) is 0 Å². The average molecular weight is 525 g/mol. The molecule has 1 aromatic heterocycles. The van der Waals surface area contributed by atoms with Crippen molar-refractivity contribution >= 4 is 23.7 Å². The van der Waals surface area contributed by atoms with E-state index in [1.165, 1.54) is 0 Å². The molecule has 0 aliphatic carbocycles. The molecule has 3 aromatic carbocycles. The van der Waals surface area contributed by atoms with E-state index >= 15 is 0 Å². The van der Waals surface area contributed by atoms with Gasteiger partial charge in [-0.1, -0.05) is 72.8 Å². The van der Waals surface area contributed by atoms with Gasteiger partial charge in [-0.05, 0) is 46.5 Å². The van der Waals surface area contributed by atoms with E-state index in [4.69, 9.17) is 10.5 Å². The van der Waals surface area contributed by atoms with Crippen molar-refractivity contribution in [1.29, 1.82) is 0 Å². The van der Waals surface area contributed by atoms with Crippen LogP contribution in [-0.4, -0.2) is 33.6 Å². The second-order valence-electron chi connectivity index (χ2n) is 8.92. The van der Waals surface area contributed by atoms with E-state index in [1.54, 1.807) is 66.9 Å². The first-order valence-electron chi connectivity index (χ1n) is 12.2. The van der Waals surface area contributed by atoms with E-state index in [1.807, 2.05) is 36.4 Å². The molecule has 0 bridgehead atoms. The zero-order chi connectivity index (χ0) is 27.7. The zero-order valence-corrected chi connectivity index (χ0v) is 21.0. The fourth-order valence-corrected chi connectivity index (χ4v) is 3.85. The lowest BCUT2D eigenvalue weighted by Crippen LogP contribution is -2.57. The molecule has 39 heavy (non-hydrogen) atoms. The van der Waals surface area contributed by atoms with Crippen molar-refractivity contribution in [2.75, 3.05) is 5.32 Å². The third-order valence-corrected chi connectivity index (χ3v) is 6.01. The van der Waals surface area contributed by atoms with Gasteiger partial charge in [0.05, 0.1) is 12.2 Å². The normalized spacial score (nSPS) is 12.1. The van der Waals surface area contributed by atoms with E-state index in [0.717, 1.165) is 22.4 Å². The van der Waals surface area contributed by atoms with E-state index in [0.29, 0.717) is 17.8 Å². The Hall–Kier alpha value is -5.02. The molecule has 0 fully saturated rings. The number of aromatic nitrogens is 1. The van der Waals surface area contributed by atoms with Gasteiger partial charge in [0.15, 0.2) is 0 Å². The number of nitrogens with zero attached hydrogens (tertiary/aromatic N) is 1. The molecule has 0 aliphatic rings. The van der Waals surface area contributed by atoms with Crippen LogP contribution in [-0.2, 0) is 33.9 Å². The van der Waals surface area contributed by atoms with Gasteiger partial charge in [-0.2, -0.15) is 0 Å². The molecule has 9 heteroatoms. The lowest BCUT2D eigenvalue weighted by molar-refractivity contribution is -0.161. The summed E-state index contributed by atoms with van der Waals surface area (Å²) in [6, 6.07) is 28.4. The van der Waals surface area contributed by atoms with Gasteiger partial charge in [0.1, 0.15) is 6.61 Å². The SMILES string of the molecule is N[C@](Cc1ccc(-c2cccc(NC(=O)NCc3ccccn3)c2)cc1)(C(=O)O)C(=O)OCc1ccccc1. The van der Waals surface area contributed by atoms with Crippen molar-refractivity contribution in [3.8, 4) is 11.1 Å². The Balaban J connectivity index is 1.38. The van der Waals surface area contributed by atoms with Crippen molar-refractivity contribution in [1.82, 2.24) is 10.3 Å². The monoisotopic (exact) mass is 524 g/mol. The van der Waals surface area contributed by atoms with E-state index in [2.05, 4.69) is 15.6 Å². The van der Waals surface area contributed by atoms with Crippen LogP contribution >= 0.6 is 0 Å². The number of carbonyl (C=O) groups excluding carboxylic acids is 2. The molecular formula is C30H28N4O5. The number of hydrogen-bond acceptors (Lipinski definition) is 6. The Morgan fingerprint density at radius 2 is 1.59 bits per heavy atom. The van der Waals surface area contributed by atoms with Gasteiger partial charge in [0.2, 0.25) is 5.54 Å². The average Bonchev–Trinajstić information content (AvgIpc) is 2.96. The Bertz CT molecular complexity index is 1430. The van der Waals surface area contributed by atoms with Crippen molar-refractivity contribution in [3.63, 3.8) is 0 Å². The molecule has 5 N–H and O–H groups in total. The number of hydrogen-bond donors (Lipinski definition) is 4. The van der Waals surface area contributed by atoms with Crippen molar-refractivity contribution in [2.45, 2.75) is 25.1 Å². The van der Waals surface area contributed by atoms with Crippen LogP contribution in [0, 0.1) is 0 Å². The second kappa shape index (κ2) is 12.5. The Morgan fingerprint density at radius 1 is 0.846 bits per heavy atom. The standard InChI is InChI=1S/C30H28N4O5/c31-30(27(35)36,28(37)39-20-22-7-2-1-3-8-22)18-21-12-14-23(15-13-21)24-9-6-11-25(17-24)34-29(38)33-19-26-10-4-5-16-32-26/h1-17H,18-20,31H2,(H,35,36)(H2,33,34,38)/t30-/m1/s1. The molecule has 0 spiro atoms. The number of pyridine rings is 1. The molecule has 1 atom stereocenters. The van der Waals surface area contributed by atoms with Gasteiger partial charge in [-0.25, -0.2) is 14.4 Å². The minimum absolute atomic E-state index is 0.0730. The molecule has 0 radical (unpaired) electrons. The van der Waals surface area contributed by atoms with Crippen LogP contribution in [0.4, 0.5) is 10.5 Å². The van der Waals surface area contributed by atoms with Gasteiger partial charge < -0.3 is 26.2 Å². The molecule has 198 valence electrons. The maximum Gasteiger partial charge on any atom is 0.338 e. The summed E-state index contributed by atoms with van der Waals surface area (Å²) in [5, 5.41) is 15.3. The quantitative estimate of drug-likeness (QED) is 0.180. The highest BCUT2D eigenvalue weighted by Crippen LogP contribution is 2.24. The molecule has 4 rings (SSSR count). The Morgan fingerprint density at radius 3 is 2.28 bits per heavy atom. The number of ether oxygens (including phenoxy) is 1. The zero-order valence-electron chi connectivity index (χ0n) is 21.0. The number of carboxylic acids is 1. The topological polar surface area (TPSA) is 144 Å². The summed E-state index contributed by atoms with van der Waals surface area (Å²) in [6.45, 7) is 0.225. The van der Waals surface area contributed by atoms with Gasteiger partial charge in [0.25, 0.3) is 0 Å². The number of aliphatic carboxylic acids is 1. The molecule has 4 aromatic rings. The number of benzene rings is 3. The first-order chi connectivity index (χ1) is 18.8. The highest BCUT2D eigenvalue weighted by Gasteiger charge is 2.44. The number of esters is 1. The highest BCUT2D eigenvalue weighted by molar-refractivity contribution is 6.04.